The quantitative estimate of drug-likeness (QED) is 0.250. The van der Waals surface area contributed by atoms with Gasteiger partial charge in [-0.05, 0) is 33.1 Å². The molecule has 0 saturated carbocycles. The molecule has 0 spiro atoms. The van der Waals surface area contributed by atoms with Gasteiger partial charge in [0.1, 0.15) is 0 Å². The van der Waals surface area contributed by atoms with E-state index in [1.807, 2.05) is 0 Å². The summed E-state index contributed by atoms with van der Waals surface area (Å²) in [7, 11) is 0. The molecule has 0 radical (unpaired) electrons. The van der Waals surface area contributed by atoms with Gasteiger partial charge < -0.3 is 9.84 Å². The van der Waals surface area contributed by atoms with Crippen molar-refractivity contribution in [3.63, 3.8) is 0 Å². The van der Waals surface area contributed by atoms with Crippen LogP contribution in [0.25, 0.3) is 0 Å². The molecular weight excluding hydrogens is 312 g/mol. The molecule has 0 rings (SSSR count). The highest BCUT2D eigenvalue weighted by Crippen LogP contribution is 2.18. The molecule has 0 aromatic heterocycles. The number of aliphatic carboxylic acids is 1. The Hall–Kier alpha value is -0.570. The van der Waals surface area contributed by atoms with Crippen LogP contribution in [0.4, 0.5) is 0 Å². The van der Waals surface area contributed by atoms with Crippen molar-refractivity contribution < 1.29 is 14.6 Å². The number of carbonyl (C=O) groups is 1. The van der Waals surface area contributed by atoms with Gasteiger partial charge in [-0.15, -0.1) is 0 Å². The molecular formula is C22H44O3. The van der Waals surface area contributed by atoms with Crippen LogP contribution in [-0.4, -0.2) is 23.3 Å². The van der Waals surface area contributed by atoms with Crippen LogP contribution in [0.15, 0.2) is 0 Å². The van der Waals surface area contributed by atoms with Crippen LogP contribution in [0.2, 0.25) is 0 Å². The molecule has 1 unspecified atom stereocenters. The van der Waals surface area contributed by atoms with Crippen molar-refractivity contribution in [2.45, 2.75) is 136 Å². The fourth-order valence-corrected chi connectivity index (χ4v) is 3.35. The van der Waals surface area contributed by atoms with Gasteiger partial charge in [-0.25, -0.2) is 0 Å². The lowest BCUT2D eigenvalue weighted by atomic mass is 10.0. The smallest absolute Gasteiger partial charge is 0.303 e. The minimum atomic E-state index is -0.665. The minimum absolute atomic E-state index is 0.326. The third kappa shape index (κ3) is 19.6. The molecule has 150 valence electrons. The second-order valence-corrected chi connectivity index (χ2v) is 7.77. The first kappa shape index (κ1) is 24.4. The summed E-state index contributed by atoms with van der Waals surface area (Å²) in [5.41, 5.74) is 0. The summed E-state index contributed by atoms with van der Waals surface area (Å²) >= 11 is 0. The van der Waals surface area contributed by atoms with E-state index in [-0.39, 0.29) is 0 Å². The second kappa shape index (κ2) is 18.2. The zero-order valence-electron chi connectivity index (χ0n) is 17.2. The molecule has 0 aliphatic carbocycles. The van der Waals surface area contributed by atoms with Crippen molar-refractivity contribution in [1.82, 2.24) is 0 Å². The fourth-order valence-electron chi connectivity index (χ4n) is 3.35. The molecule has 3 nitrogen and oxygen atoms in total. The molecule has 0 aliphatic heterocycles. The average molecular weight is 357 g/mol. The molecule has 3 heteroatoms. The van der Waals surface area contributed by atoms with Crippen molar-refractivity contribution in [1.29, 1.82) is 0 Å². The van der Waals surface area contributed by atoms with Crippen molar-refractivity contribution in [3.8, 4) is 0 Å². The molecule has 0 bridgehead atoms. The maximum Gasteiger partial charge on any atom is 0.303 e. The largest absolute Gasteiger partial charge is 0.481 e. The first-order valence-electron chi connectivity index (χ1n) is 10.9. The van der Waals surface area contributed by atoms with E-state index in [1.165, 1.54) is 83.5 Å². The minimum Gasteiger partial charge on any atom is -0.481 e. The van der Waals surface area contributed by atoms with Crippen LogP contribution in [0.1, 0.15) is 124 Å². The molecule has 0 saturated heterocycles. The predicted octanol–water partition coefficient (Wildman–Crippen LogP) is 7.13. The SMILES string of the molecule is CCCCCCCCC(CCCCCCCCCC(=O)O)OC(C)C. The van der Waals surface area contributed by atoms with Crippen LogP contribution in [0.3, 0.4) is 0 Å². The maximum absolute atomic E-state index is 10.4. The van der Waals surface area contributed by atoms with Crippen molar-refractivity contribution >= 4 is 5.97 Å². The summed E-state index contributed by atoms with van der Waals surface area (Å²) in [5, 5.41) is 8.60. The Bertz CT molecular complexity index is 289. The van der Waals surface area contributed by atoms with Gasteiger partial charge in [-0.2, -0.15) is 0 Å². The maximum atomic E-state index is 10.4. The van der Waals surface area contributed by atoms with Gasteiger partial charge in [0.15, 0.2) is 0 Å². The van der Waals surface area contributed by atoms with E-state index >= 15 is 0 Å². The first-order chi connectivity index (χ1) is 12.1. The first-order valence-corrected chi connectivity index (χ1v) is 10.9. The number of hydrogen-bond donors (Lipinski definition) is 1. The Morgan fingerprint density at radius 2 is 1.20 bits per heavy atom. The second-order valence-electron chi connectivity index (χ2n) is 7.77. The van der Waals surface area contributed by atoms with E-state index in [1.54, 1.807) is 0 Å². The van der Waals surface area contributed by atoms with E-state index in [0.29, 0.717) is 18.6 Å². The Morgan fingerprint density at radius 3 is 1.64 bits per heavy atom. The van der Waals surface area contributed by atoms with Crippen LogP contribution < -0.4 is 0 Å². The molecule has 25 heavy (non-hydrogen) atoms. The third-order valence-corrected chi connectivity index (χ3v) is 4.76. The molecule has 0 aromatic carbocycles. The lowest BCUT2D eigenvalue weighted by Gasteiger charge is -2.20. The lowest BCUT2D eigenvalue weighted by Crippen LogP contribution is -2.18. The van der Waals surface area contributed by atoms with E-state index in [9.17, 15) is 4.79 Å². The van der Waals surface area contributed by atoms with Gasteiger partial charge in [0.2, 0.25) is 0 Å². The molecule has 1 atom stereocenters. The van der Waals surface area contributed by atoms with Crippen molar-refractivity contribution in [3.05, 3.63) is 0 Å². The van der Waals surface area contributed by atoms with Crippen molar-refractivity contribution in [2.24, 2.45) is 0 Å². The highest BCUT2D eigenvalue weighted by atomic mass is 16.5. The monoisotopic (exact) mass is 356 g/mol. The number of carboxylic acid groups (broad SMARTS) is 1. The van der Waals surface area contributed by atoms with Gasteiger partial charge >= 0.3 is 5.97 Å². The summed E-state index contributed by atoms with van der Waals surface area (Å²) in [6, 6.07) is 0. The Labute approximate surface area is 156 Å². The topological polar surface area (TPSA) is 46.5 Å². The summed E-state index contributed by atoms with van der Waals surface area (Å²) in [6.45, 7) is 6.55. The number of ether oxygens (including phenoxy) is 1. The summed E-state index contributed by atoms with van der Waals surface area (Å²) in [6.07, 6.45) is 19.8. The summed E-state index contributed by atoms with van der Waals surface area (Å²) < 4.78 is 6.10. The Balaban J connectivity index is 3.59. The van der Waals surface area contributed by atoms with E-state index in [4.69, 9.17) is 9.84 Å². The number of unbranched alkanes of at least 4 members (excludes halogenated alkanes) is 11. The average Bonchev–Trinajstić information content (AvgIpc) is 2.55. The van der Waals surface area contributed by atoms with Crippen LogP contribution in [0, 0.1) is 0 Å². The third-order valence-electron chi connectivity index (χ3n) is 4.76. The number of carboxylic acids is 1. The summed E-state index contributed by atoms with van der Waals surface area (Å²) in [4.78, 5) is 10.4. The molecule has 0 aromatic rings. The molecule has 0 fully saturated rings. The van der Waals surface area contributed by atoms with Gasteiger partial charge in [-0.1, -0.05) is 84.0 Å². The fraction of sp³-hybridized carbons (Fsp3) is 0.955. The highest BCUT2D eigenvalue weighted by Gasteiger charge is 2.10. The van der Waals surface area contributed by atoms with Crippen LogP contribution in [-0.2, 0) is 9.53 Å². The zero-order chi connectivity index (χ0) is 18.8. The van der Waals surface area contributed by atoms with Gasteiger partial charge in [0.25, 0.3) is 0 Å². The Morgan fingerprint density at radius 1 is 0.760 bits per heavy atom. The van der Waals surface area contributed by atoms with E-state index in [2.05, 4.69) is 20.8 Å². The normalized spacial score (nSPS) is 12.6. The van der Waals surface area contributed by atoms with E-state index in [0.717, 1.165) is 12.8 Å². The molecule has 0 aliphatic rings. The zero-order valence-corrected chi connectivity index (χ0v) is 17.2. The van der Waals surface area contributed by atoms with Crippen LogP contribution >= 0.6 is 0 Å². The summed E-state index contributed by atoms with van der Waals surface area (Å²) in [5.74, 6) is -0.665. The Kier molecular flexibility index (Phi) is 17.8. The van der Waals surface area contributed by atoms with Gasteiger partial charge in [-0.3, -0.25) is 4.79 Å². The van der Waals surface area contributed by atoms with E-state index < -0.39 is 5.97 Å². The lowest BCUT2D eigenvalue weighted by molar-refractivity contribution is -0.137. The number of rotatable bonds is 19. The number of hydrogen-bond acceptors (Lipinski definition) is 2. The predicted molar refractivity (Wildman–Crippen MR) is 107 cm³/mol. The van der Waals surface area contributed by atoms with Crippen molar-refractivity contribution in [2.75, 3.05) is 0 Å². The van der Waals surface area contributed by atoms with Crippen LogP contribution in [0.5, 0.6) is 0 Å². The molecule has 0 amide bonds. The highest BCUT2D eigenvalue weighted by molar-refractivity contribution is 5.66. The molecule has 0 heterocycles. The van der Waals surface area contributed by atoms with Gasteiger partial charge in [0.05, 0.1) is 12.2 Å². The van der Waals surface area contributed by atoms with Gasteiger partial charge in [0, 0.05) is 6.42 Å². The standard InChI is InChI=1S/C22H44O3/c1-4-5-6-7-11-14-17-21(25-20(2)3)18-15-12-9-8-10-13-16-19-22(23)24/h20-21H,4-19H2,1-3H3,(H,23,24). The molecule has 1 N–H and O–H groups in total.